The number of rotatable bonds is 3. The molecule has 2 aromatic rings. The first kappa shape index (κ1) is 13.5. The van der Waals surface area contributed by atoms with Crippen molar-refractivity contribution in [3.05, 3.63) is 34.6 Å². The Hall–Kier alpha value is -1.52. The maximum absolute atomic E-state index is 6.43. The molecule has 0 spiro atoms. The monoisotopic (exact) mass is 290 g/mol. The maximum Gasteiger partial charge on any atom is 0.138 e. The van der Waals surface area contributed by atoms with Crippen molar-refractivity contribution in [3.63, 3.8) is 0 Å². The predicted octanol–water partition coefficient (Wildman–Crippen LogP) is 3.62. The zero-order valence-corrected chi connectivity index (χ0v) is 12.3. The number of hydrogen-bond acceptors (Lipinski definition) is 3. The van der Waals surface area contributed by atoms with Crippen LogP contribution in [-0.2, 0) is 0 Å². The fourth-order valence-corrected chi connectivity index (χ4v) is 3.16. The van der Waals surface area contributed by atoms with Crippen LogP contribution < -0.4 is 10.9 Å². The number of fused-ring (bicyclic) bond motifs is 1. The molecule has 1 aliphatic carbocycles. The first-order valence-electron chi connectivity index (χ1n) is 7.08. The van der Waals surface area contributed by atoms with Gasteiger partial charge in [0.15, 0.2) is 0 Å². The van der Waals surface area contributed by atoms with Gasteiger partial charge in [0, 0.05) is 30.4 Å². The Morgan fingerprint density at radius 3 is 2.85 bits per heavy atom. The van der Waals surface area contributed by atoms with E-state index in [1.807, 2.05) is 19.3 Å². The average molecular weight is 291 g/mol. The molecule has 0 aliphatic heterocycles. The fourth-order valence-electron chi connectivity index (χ4n) is 2.92. The Morgan fingerprint density at radius 2 is 2.10 bits per heavy atom. The van der Waals surface area contributed by atoms with Gasteiger partial charge in [-0.15, -0.1) is 0 Å². The zero-order chi connectivity index (χ0) is 13.9. The molecule has 2 aromatic heterocycles. The van der Waals surface area contributed by atoms with E-state index in [1.54, 1.807) is 6.20 Å². The van der Waals surface area contributed by atoms with Crippen molar-refractivity contribution < 1.29 is 0 Å². The second kappa shape index (κ2) is 5.85. The molecule has 3 N–H and O–H groups in total. The molecule has 0 atom stereocenters. The number of aromatic amines is 1. The maximum atomic E-state index is 6.43. The topological polar surface area (TPSA) is 52.7 Å². The quantitative estimate of drug-likeness (QED) is 0.757. The summed E-state index contributed by atoms with van der Waals surface area (Å²) in [5.74, 6) is 0. The molecule has 1 fully saturated rings. The van der Waals surface area contributed by atoms with E-state index in [1.165, 1.54) is 24.8 Å². The van der Waals surface area contributed by atoms with E-state index in [2.05, 4.69) is 20.8 Å². The normalized spacial score (nSPS) is 15.6. The Bertz CT molecular complexity index is 636. The van der Waals surface area contributed by atoms with Gasteiger partial charge in [-0.3, -0.25) is 0 Å². The van der Waals surface area contributed by atoms with Crippen LogP contribution in [0.1, 0.15) is 37.7 Å². The molecule has 0 amide bonds. The highest BCUT2D eigenvalue weighted by atomic mass is 35.5. The van der Waals surface area contributed by atoms with E-state index in [9.17, 15) is 0 Å². The zero-order valence-electron chi connectivity index (χ0n) is 11.6. The lowest BCUT2D eigenvalue weighted by Crippen LogP contribution is -2.27. The van der Waals surface area contributed by atoms with Crippen LogP contribution in [0.3, 0.4) is 0 Å². The van der Waals surface area contributed by atoms with Crippen LogP contribution in [-0.4, -0.2) is 17.0 Å². The summed E-state index contributed by atoms with van der Waals surface area (Å²) in [5, 5.41) is 1.75. The van der Waals surface area contributed by atoms with Crippen LogP contribution in [0, 0.1) is 0 Å². The van der Waals surface area contributed by atoms with Crippen LogP contribution >= 0.6 is 11.6 Å². The van der Waals surface area contributed by atoms with Crippen LogP contribution in [0.25, 0.3) is 16.7 Å². The molecule has 0 unspecified atom stereocenters. The largest absolute Gasteiger partial charge is 0.346 e. The van der Waals surface area contributed by atoms with E-state index < -0.39 is 0 Å². The van der Waals surface area contributed by atoms with E-state index in [4.69, 9.17) is 11.6 Å². The van der Waals surface area contributed by atoms with Crippen LogP contribution in [0.15, 0.2) is 24.0 Å². The van der Waals surface area contributed by atoms with Gasteiger partial charge in [-0.05, 0) is 37.3 Å². The Morgan fingerprint density at radius 1 is 1.30 bits per heavy atom. The summed E-state index contributed by atoms with van der Waals surface area (Å²) in [6.07, 6.45) is 9.71. The molecule has 0 saturated heterocycles. The van der Waals surface area contributed by atoms with E-state index >= 15 is 0 Å². The van der Waals surface area contributed by atoms with Crippen molar-refractivity contribution >= 4 is 28.3 Å². The van der Waals surface area contributed by atoms with Crippen molar-refractivity contribution in [1.82, 2.24) is 20.8 Å². The van der Waals surface area contributed by atoms with E-state index in [0.29, 0.717) is 5.02 Å². The minimum absolute atomic E-state index is 0.688. The van der Waals surface area contributed by atoms with Gasteiger partial charge in [0.05, 0.1) is 10.7 Å². The van der Waals surface area contributed by atoms with Crippen LogP contribution in [0.5, 0.6) is 0 Å². The minimum atomic E-state index is 0.688. The van der Waals surface area contributed by atoms with Gasteiger partial charge in [0.25, 0.3) is 0 Å². The SMILES string of the molecule is CNNC(=C1CCCCC1)c1c(Cl)cnc2[nH]ccc12. The molecule has 4 nitrogen and oxygen atoms in total. The molecule has 1 aliphatic rings. The molecule has 0 bridgehead atoms. The molecule has 3 rings (SSSR count). The van der Waals surface area contributed by atoms with Crippen LogP contribution in [0.4, 0.5) is 0 Å². The first-order chi connectivity index (χ1) is 9.81. The second-order valence-corrected chi connectivity index (χ2v) is 5.54. The highest BCUT2D eigenvalue weighted by molar-refractivity contribution is 6.33. The van der Waals surface area contributed by atoms with Gasteiger partial charge in [-0.25, -0.2) is 10.4 Å². The number of halogens is 1. The summed E-state index contributed by atoms with van der Waals surface area (Å²) in [7, 11) is 1.88. The number of allylic oxidation sites excluding steroid dienone is 1. The molecule has 5 heteroatoms. The van der Waals surface area contributed by atoms with Crippen molar-refractivity contribution in [2.75, 3.05) is 7.05 Å². The number of hydrazine groups is 1. The number of H-pyrrole nitrogens is 1. The molecular weight excluding hydrogens is 272 g/mol. The number of pyridine rings is 1. The number of nitrogens with zero attached hydrogens (tertiary/aromatic N) is 1. The molecule has 0 aromatic carbocycles. The Kier molecular flexibility index (Phi) is 3.94. The Labute approximate surface area is 123 Å². The van der Waals surface area contributed by atoms with Crippen LogP contribution in [0.2, 0.25) is 5.02 Å². The van der Waals surface area contributed by atoms with Gasteiger partial charge >= 0.3 is 0 Å². The van der Waals surface area contributed by atoms with Gasteiger partial charge in [-0.2, -0.15) is 0 Å². The highest BCUT2D eigenvalue weighted by Crippen LogP contribution is 2.35. The lowest BCUT2D eigenvalue weighted by atomic mass is 9.91. The summed E-state index contributed by atoms with van der Waals surface area (Å²) in [5.41, 5.74) is 10.8. The lowest BCUT2D eigenvalue weighted by molar-refractivity contribution is 0.593. The number of aromatic nitrogens is 2. The summed E-state index contributed by atoms with van der Waals surface area (Å²) in [6, 6.07) is 2.03. The van der Waals surface area contributed by atoms with Crippen molar-refractivity contribution in [1.29, 1.82) is 0 Å². The average Bonchev–Trinajstić information content (AvgIpc) is 2.95. The molecular formula is C15H19ClN4. The summed E-state index contributed by atoms with van der Waals surface area (Å²) in [6.45, 7) is 0. The third-order valence-electron chi connectivity index (χ3n) is 3.85. The van der Waals surface area contributed by atoms with Gasteiger partial charge in [0.1, 0.15) is 5.65 Å². The lowest BCUT2D eigenvalue weighted by Gasteiger charge is -2.21. The summed E-state index contributed by atoms with van der Waals surface area (Å²) < 4.78 is 0. The van der Waals surface area contributed by atoms with Gasteiger partial charge < -0.3 is 10.4 Å². The highest BCUT2D eigenvalue weighted by Gasteiger charge is 2.18. The molecule has 2 heterocycles. The Balaban J connectivity index is 2.18. The third-order valence-corrected chi connectivity index (χ3v) is 4.14. The molecule has 106 valence electrons. The molecule has 1 saturated carbocycles. The number of nitrogens with one attached hydrogen (secondary N) is 3. The third kappa shape index (κ3) is 2.41. The first-order valence-corrected chi connectivity index (χ1v) is 7.46. The molecule has 0 radical (unpaired) electrons. The predicted molar refractivity (Wildman–Crippen MR) is 83.3 cm³/mol. The smallest absolute Gasteiger partial charge is 0.138 e. The van der Waals surface area contributed by atoms with Gasteiger partial charge in [0.2, 0.25) is 0 Å². The fraction of sp³-hybridized carbons (Fsp3) is 0.400. The minimum Gasteiger partial charge on any atom is -0.346 e. The van der Waals surface area contributed by atoms with Crippen molar-refractivity contribution in [2.24, 2.45) is 0 Å². The van der Waals surface area contributed by atoms with Gasteiger partial charge in [-0.1, -0.05) is 18.0 Å². The van der Waals surface area contributed by atoms with Crippen molar-refractivity contribution in [2.45, 2.75) is 32.1 Å². The second-order valence-electron chi connectivity index (χ2n) is 5.14. The summed E-state index contributed by atoms with van der Waals surface area (Å²) >= 11 is 6.43. The van der Waals surface area contributed by atoms with E-state index in [0.717, 1.165) is 35.1 Å². The van der Waals surface area contributed by atoms with Crippen molar-refractivity contribution in [3.8, 4) is 0 Å². The summed E-state index contributed by atoms with van der Waals surface area (Å²) in [4.78, 5) is 7.48. The van der Waals surface area contributed by atoms with E-state index in [-0.39, 0.29) is 0 Å². The number of hydrogen-bond donors (Lipinski definition) is 3. The molecule has 20 heavy (non-hydrogen) atoms. The standard InChI is InChI=1S/C15H19ClN4/c1-17-20-14(10-5-3-2-4-6-10)13-11-7-8-18-15(11)19-9-12(13)16/h7-9,17,20H,2-6H2,1H3,(H,18,19).